The van der Waals surface area contributed by atoms with E-state index in [1.165, 1.54) is 5.69 Å². The number of hydrogen-bond donors (Lipinski definition) is 2. The fourth-order valence-electron chi connectivity index (χ4n) is 3.85. The van der Waals surface area contributed by atoms with Crippen LogP contribution < -0.4 is 29.6 Å². The van der Waals surface area contributed by atoms with Gasteiger partial charge >= 0.3 is 0 Å². The molecular weight excluding hydrogens is 398 g/mol. The Labute approximate surface area is 184 Å². The minimum absolute atomic E-state index is 0.175. The number of aliphatic hydroxyl groups is 1. The van der Waals surface area contributed by atoms with Crippen molar-refractivity contribution in [3.8, 4) is 23.0 Å². The van der Waals surface area contributed by atoms with Crippen molar-refractivity contribution >= 4 is 5.69 Å². The third kappa shape index (κ3) is 5.72. The molecular formula is C23H33N3O5. The average Bonchev–Trinajstić information content (AvgIpc) is 2.82. The van der Waals surface area contributed by atoms with Gasteiger partial charge in [-0.2, -0.15) is 0 Å². The van der Waals surface area contributed by atoms with Gasteiger partial charge in [0.05, 0.1) is 21.3 Å². The van der Waals surface area contributed by atoms with Crippen LogP contribution in [0.25, 0.3) is 0 Å². The van der Waals surface area contributed by atoms with Crippen LogP contribution in [-0.4, -0.2) is 76.8 Å². The topological polar surface area (TPSA) is 89.7 Å². The summed E-state index contributed by atoms with van der Waals surface area (Å²) in [6.07, 6.45) is -0.609. The zero-order chi connectivity index (χ0) is 22.2. The molecule has 2 aromatic rings. The molecule has 3 rings (SSSR count). The molecule has 0 spiro atoms. The molecule has 0 aromatic heterocycles. The molecule has 1 unspecified atom stereocenters. The van der Waals surface area contributed by atoms with Gasteiger partial charge in [0.25, 0.3) is 0 Å². The number of rotatable bonds is 10. The van der Waals surface area contributed by atoms with Crippen molar-refractivity contribution in [2.75, 3.05) is 65.6 Å². The summed E-state index contributed by atoms with van der Waals surface area (Å²) in [6.45, 7) is 4.81. The van der Waals surface area contributed by atoms with Crippen molar-refractivity contribution in [2.24, 2.45) is 5.73 Å². The highest BCUT2D eigenvalue weighted by Crippen LogP contribution is 2.40. The smallest absolute Gasteiger partial charge is 0.203 e. The lowest BCUT2D eigenvalue weighted by molar-refractivity contribution is 0.0661. The lowest BCUT2D eigenvalue weighted by Gasteiger charge is -2.37. The number of benzene rings is 2. The van der Waals surface area contributed by atoms with Gasteiger partial charge < -0.3 is 34.7 Å². The van der Waals surface area contributed by atoms with Crippen LogP contribution in [0.15, 0.2) is 36.4 Å². The van der Waals surface area contributed by atoms with Gasteiger partial charge in [0.2, 0.25) is 5.75 Å². The maximum Gasteiger partial charge on any atom is 0.203 e. The number of nitrogens with zero attached hydrogens (tertiary/aromatic N) is 2. The molecule has 8 heteroatoms. The van der Waals surface area contributed by atoms with Crippen molar-refractivity contribution < 1.29 is 24.1 Å². The number of ether oxygens (including phenoxy) is 4. The fraction of sp³-hybridized carbons (Fsp3) is 0.478. The first-order valence-electron chi connectivity index (χ1n) is 10.5. The molecule has 0 amide bonds. The number of methoxy groups -OCH3 is 3. The third-order valence-corrected chi connectivity index (χ3v) is 5.47. The lowest BCUT2D eigenvalue weighted by atomic mass is 10.1. The van der Waals surface area contributed by atoms with E-state index in [2.05, 4.69) is 21.9 Å². The standard InChI is InChI=1S/C23H33N3O5/c1-28-21-12-19(13-22(29-2)23(21)30-3)31-16-18(27)15-25-8-10-26(11-9-25)20-7-5-4-6-17(20)14-24/h4-7,12-13,18,27H,8-11,14-16,24H2,1-3H3. The van der Waals surface area contributed by atoms with Crippen molar-refractivity contribution in [1.29, 1.82) is 0 Å². The summed E-state index contributed by atoms with van der Waals surface area (Å²) >= 11 is 0. The van der Waals surface area contributed by atoms with Crippen LogP contribution in [0.4, 0.5) is 5.69 Å². The molecule has 1 saturated heterocycles. The van der Waals surface area contributed by atoms with Gasteiger partial charge in [0.15, 0.2) is 11.5 Å². The molecule has 1 heterocycles. The molecule has 1 aliphatic rings. The van der Waals surface area contributed by atoms with E-state index >= 15 is 0 Å². The molecule has 2 aromatic carbocycles. The van der Waals surface area contributed by atoms with Crippen LogP contribution in [0, 0.1) is 0 Å². The SMILES string of the molecule is COc1cc(OCC(O)CN2CCN(c3ccccc3CN)CC2)cc(OC)c1OC. The predicted octanol–water partition coefficient (Wildman–Crippen LogP) is 1.73. The van der Waals surface area contributed by atoms with Crippen LogP contribution in [0.3, 0.4) is 0 Å². The van der Waals surface area contributed by atoms with E-state index in [9.17, 15) is 5.11 Å². The summed E-state index contributed by atoms with van der Waals surface area (Å²) in [6, 6.07) is 11.7. The Morgan fingerprint density at radius 2 is 1.61 bits per heavy atom. The summed E-state index contributed by atoms with van der Waals surface area (Å²) in [4.78, 5) is 4.61. The molecule has 1 fully saturated rings. The fourth-order valence-corrected chi connectivity index (χ4v) is 3.85. The molecule has 0 saturated carbocycles. The molecule has 0 bridgehead atoms. The van der Waals surface area contributed by atoms with E-state index in [-0.39, 0.29) is 6.61 Å². The van der Waals surface area contributed by atoms with Crippen LogP contribution in [-0.2, 0) is 6.54 Å². The van der Waals surface area contributed by atoms with Gasteiger partial charge in [-0.25, -0.2) is 0 Å². The third-order valence-electron chi connectivity index (χ3n) is 5.47. The predicted molar refractivity (Wildman–Crippen MR) is 121 cm³/mol. The zero-order valence-corrected chi connectivity index (χ0v) is 18.5. The number of piperazine rings is 1. The molecule has 170 valence electrons. The molecule has 1 atom stereocenters. The van der Waals surface area contributed by atoms with E-state index in [0.717, 1.165) is 31.7 Å². The van der Waals surface area contributed by atoms with Crippen LogP contribution in [0.2, 0.25) is 0 Å². The Balaban J connectivity index is 1.50. The average molecular weight is 432 g/mol. The van der Waals surface area contributed by atoms with Gasteiger partial charge in [0.1, 0.15) is 18.5 Å². The van der Waals surface area contributed by atoms with Crippen molar-refractivity contribution in [1.82, 2.24) is 4.90 Å². The monoisotopic (exact) mass is 431 g/mol. The zero-order valence-electron chi connectivity index (χ0n) is 18.5. The van der Waals surface area contributed by atoms with Gasteiger partial charge in [-0.05, 0) is 11.6 Å². The summed E-state index contributed by atoms with van der Waals surface area (Å²) in [5.74, 6) is 2.09. The number of aliphatic hydroxyl groups excluding tert-OH is 1. The normalized spacial score (nSPS) is 15.5. The second kappa shape index (κ2) is 11.1. The Kier molecular flexibility index (Phi) is 8.22. The van der Waals surface area contributed by atoms with E-state index in [1.807, 2.05) is 12.1 Å². The first-order valence-corrected chi connectivity index (χ1v) is 10.5. The molecule has 0 radical (unpaired) electrons. The van der Waals surface area contributed by atoms with E-state index in [4.69, 9.17) is 24.7 Å². The van der Waals surface area contributed by atoms with Gasteiger partial charge in [-0.15, -0.1) is 0 Å². The van der Waals surface area contributed by atoms with Gasteiger partial charge in [-0.1, -0.05) is 18.2 Å². The maximum atomic E-state index is 10.5. The van der Waals surface area contributed by atoms with E-state index in [1.54, 1.807) is 33.5 Å². The Bertz CT molecular complexity index is 815. The maximum absolute atomic E-state index is 10.5. The Morgan fingerprint density at radius 3 is 2.19 bits per heavy atom. The lowest BCUT2D eigenvalue weighted by Crippen LogP contribution is -2.49. The highest BCUT2D eigenvalue weighted by Gasteiger charge is 2.21. The van der Waals surface area contributed by atoms with Gasteiger partial charge in [-0.3, -0.25) is 4.90 Å². The highest BCUT2D eigenvalue weighted by atomic mass is 16.5. The minimum Gasteiger partial charge on any atom is -0.493 e. The molecule has 3 N–H and O–H groups in total. The van der Waals surface area contributed by atoms with Crippen molar-refractivity contribution in [3.63, 3.8) is 0 Å². The highest BCUT2D eigenvalue weighted by molar-refractivity contribution is 5.56. The van der Waals surface area contributed by atoms with Gasteiger partial charge in [0, 0.05) is 57.1 Å². The number of para-hydroxylation sites is 1. The second-order valence-electron chi connectivity index (χ2n) is 7.45. The summed E-state index contributed by atoms with van der Waals surface area (Å²) in [5, 5.41) is 10.5. The summed E-state index contributed by atoms with van der Waals surface area (Å²) < 4.78 is 21.8. The number of hydrogen-bond acceptors (Lipinski definition) is 8. The number of nitrogens with two attached hydrogens (primary N) is 1. The van der Waals surface area contributed by atoms with Crippen LogP contribution in [0.1, 0.15) is 5.56 Å². The first-order chi connectivity index (χ1) is 15.1. The first kappa shape index (κ1) is 23.0. The minimum atomic E-state index is -0.609. The number of anilines is 1. The number of β-amino-alcohol motifs (C(OH)–C–C–N with tert-alkyl or cyclic N) is 1. The summed E-state index contributed by atoms with van der Waals surface area (Å²) in [7, 11) is 4.67. The van der Waals surface area contributed by atoms with Crippen LogP contribution >= 0.6 is 0 Å². The molecule has 8 nitrogen and oxygen atoms in total. The van der Waals surface area contributed by atoms with Crippen molar-refractivity contribution in [3.05, 3.63) is 42.0 Å². The quantitative estimate of drug-likeness (QED) is 0.588. The Morgan fingerprint density at radius 1 is 0.968 bits per heavy atom. The van der Waals surface area contributed by atoms with Crippen LogP contribution in [0.5, 0.6) is 23.0 Å². The molecule has 0 aliphatic carbocycles. The van der Waals surface area contributed by atoms with E-state index < -0.39 is 6.10 Å². The second-order valence-corrected chi connectivity index (χ2v) is 7.45. The Hall–Kier alpha value is -2.68. The largest absolute Gasteiger partial charge is 0.493 e. The molecule has 1 aliphatic heterocycles. The van der Waals surface area contributed by atoms with E-state index in [0.29, 0.717) is 36.1 Å². The summed E-state index contributed by atoms with van der Waals surface area (Å²) in [5.41, 5.74) is 8.24. The van der Waals surface area contributed by atoms with Crippen molar-refractivity contribution in [2.45, 2.75) is 12.6 Å². The molecule has 31 heavy (non-hydrogen) atoms.